The van der Waals surface area contributed by atoms with E-state index in [1.165, 1.54) is 23.6 Å². The molecule has 25 heavy (non-hydrogen) atoms. The van der Waals surface area contributed by atoms with Gasteiger partial charge in [-0.2, -0.15) is 0 Å². The van der Waals surface area contributed by atoms with Gasteiger partial charge in [-0.25, -0.2) is 9.48 Å². The summed E-state index contributed by atoms with van der Waals surface area (Å²) in [5.41, 5.74) is 3.35. The number of ether oxygens (including phenoxy) is 1. The lowest BCUT2D eigenvalue weighted by Crippen LogP contribution is -2.26. The lowest BCUT2D eigenvalue weighted by Gasteiger charge is -2.07. The number of carbonyl (C=O) groups is 2. The van der Waals surface area contributed by atoms with Crippen molar-refractivity contribution in [3.05, 3.63) is 53.4 Å². The molecule has 2 rings (SSSR count). The highest BCUT2D eigenvalue weighted by Gasteiger charge is 2.10. The number of benzene rings is 1. The third kappa shape index (κ3) is 5.27. The summed E-state index contributed by atoms with van der Waals surface area (Å²) in [4.78, 5) is 23.4. The second-order valence-corrected chi connectivity index (χ2v) is 5.54. The summed E-state index contributed by atoms with van der Waals surface area (Å²) >= 11 is 0. The van der Waals surface area contributed by atoms with Gasteiger partial charge in [-0.05, 0) is 24.5 Å². The van der Waals surface area contributed by atoms with Crippen molar-refractivity contribution in [3.63, 3.8) is 0 Å². The van der Waals surface area contributed by atoms with Crippen molar-refractivity contribution < 1.29 is 14.3 Å². The Hall–Kier alpha value is -2.96. The Labute approximate surface area is 146 Å². The first-order chi connectivity index (χ1) is 12.0. The molecule has 1 heterocycles. The van der Waals surface area contributed by atoms with Gasteiger partial charge >= 0.3 is 5.97 Å². The zero-order chi connectivity index (χ0) is 18.2. The van der Waals surface area contributed by atoms with Crippen LogP contribution in [0.4, 0.5) is 0 Å². The molecule has 0 aliphatic heterocycles. The topological polar surface area (TPSA) is 86.1 Å². The lowest BCUT2D eigenvalue weighted by atomic mass is 10.0. The molecule has 1 N–H and O–H groups in total. The molecule has 2 aromatic rings. The Balaban J connectivity index is 1.89. The fourth-order valence-corrected chi connectivity index (χ4v) is 2.27. The van der Waals surface area contributed by atoms with Gasteiger partial charge in [0.2, 0.25) is 5.91 Å². The minimum absolute atomic E-state index is 0.140. The minimum atomic E-state index is -0.538. The van der Waals surface area contributed by atoms with Crippen molar-refractivity contribution >= 4 is 17.4 Å². The van der Waals surface area contributed by atoms with Crippen LogP contribution in [0.25, 0.3) is 5.57 Å². The van der Waals surface area contributed by atoms with Gasteiger partial charge < -0.3 is 10.1 Å². The minimum Gasteiger partial charge on any atom is -0.464 e. The maximum atomic E-state index is 12.1. The van der Waals surface area contributed by atoms with E-state index < -0.39 is 5.97 Å². The molecule has 7 nitrogen and oxygen atoms in total. The van der Waals surface area contributed by atoms with Crippen molar-refractivity contribution in [2.75, 3.05) is 13.7 Å². The quantitative estimate of drug-likeness (QED) is 0.614. The van der Waals surface area contributed by atoms with E-state index in [-0.39, 0.29) is 11.6 Å². The SMILES string of the molecule is CC/C(=C\C(=O)NCCn1cc(C(=O)OC)nn1)c1ccc(C)cc1. The summed E-state index contributed by atoms with van der Waals surface area (Å²) in [6, 6.07) is 8.09. The number of nitrogens with zero attached hydrogens (tertiary/aromatic N) is 3. The summed E-state index contributed by atoms with van der Waals surface area (Å²) in [7, 11) is 1.28. The second-order valence-electron chi connectivity index (χ2n) is 5.54. The van der Waals surface area contributed by atoms with Gasteiger partial charge in [-0.3, -0.25) is 4.79 Å². The molecule has 0 atom stereocenters. The summed E-state index contributed by atoms with van der Waals surface area (Å²) < 4.78 is 6.05. The molecule has 0 aliphatic rings. The molecule has 7 heteroatoms. The molecule has 132 valence electrons. The second kappa shape index (κ2) is 8.77. The average Bonchev–Trinajstić information content (AvgIpc) is 3.08. The molecule has 1 aromatic heterocycles. The van der Waals surface area contributed by atoms with Crippen LogP contribution in [-0.4, -0.2) is 40.5 Å². The zero-order valence-corrected chi connectivity index (χ0v) is 14.7. The van der Waals surface area contributed by atoms with E-state index >= 15 is 0 Å². The number of hydrogen-bond acceptors (Lipinski definition) is 5. The fourth-order valence-electron chi connectivity index (χ4n) is 2.27. The Bertz CT molecular complexity index is 763. The highest BCUT2D eigenvalue weighted by molar-refractivity contribution is 5.95. The molecular formula is C18H22N4O3. The molecule has 0 bridgehead atoms. The number of rotatable bonds is 7. The van der Waals surface area contributed by atoms with E-state index in [1.807, 2.05) is 38.1 Å². The van der Waals surface area contributed by atoms with E-state index in [4.69, 9.17) is 0 Å². The molecule has 1 amide bonds. The highest BCUT2D eigenvalue weighted by Crippen LogP contribution is 2.18. The Kier molecular flexibility index (Phi) is 6.45. The van der Waals surface area contributed by atoms with Crippen LogP contribution in [0.1, 0.15) is 35.0 Å². The van der Waals surface area contributed by atoms with Crippen LogP contribution in [0.15, 0.2) is 36.5 Å². The number of methoxy groups -OCH3 is 1. The van der Waals surface area contributed by atoms with Gasteiger partial charge in [-0.15, -0.1) is 5.10 Å². The van der Waals surface area contributed by atoms with Gasteiger partial charge in [-0.1, -0.05) is 42.0 Å². The van der Waals surface area contributed by atoms with Gasteiger partial charge in [0.05, 0.1) is 19.9 Å². The summed E-state index contributed by atoms with van der Waals surface area (Å²) in [6.45, 7) is 4.84. The third-order valence-corrected chi connectivity index (χ3v) is 3.68. The number of hydrogen-bond donors (Lipinski definition) is 1. The van der Waals surface area contributed by atoms with Crippen molar-refractivity contribution in [3.8, 4) is 0 Å². The number of amides is 1. The van der Waals surface area contributed by atoms with Crippen molar-refractivity contribution in [2.24, 2.45) is 0 Å². The Morgan fingerprint density at radius 2 is 2.00 bits per heavy atom. The van der Waals surface area contributed by atoms with E-state index in [0.29, 0.717) is 13.1 Å². The van der Waals surface area contributed by atoms with Crippen LogP contribution < -0.4 is 5.32 Å². The van der Waals surface area contributed by atoms with Crippen molar-refractivity contribution in [1.82, 2.24) is 20.3 Å². The molecule has 0 radical (unpaired) electrons. The summed E-state index contributed by atoms with van der Waals surface area (Å²) in [6.07, 6.45) is 3.87. The van der Waals surface area contributed by atoms with Crippen LogP contribution >= 0.6 is 0 Å². The third-order valence-electron chi connectivity index (χ3n) is 3.68. The predicted molar refractivity (Wildman–Crippen MR) is 93.8 cm³/mol. The molecular weight excluding hydrogens is 320 g/mol. The predicted octanol–water partition coefficient (Wildman–Crippen LogP) is 1.98. The van der Waals surface area contributed by atoms with Gasteiger partial charge in [0.1, 0.15) is 0 Å². The monoisotopic (exact) mass is 342 g/mol. The number of allylic oxidation sites excluding steroid dienone is 1. The van der Waals surface area contributed by atoms with Gasteiger partial charge in [0.15, 0.2) is 5.69 Å². The van der Waals surface area contributed by atoms with Gasteiger partial charge in [0.25, 0.3) is 0 Å². The molecule has 0 spiro atoms. The smallest absolute Gasteiger partial charge is 0.360 e. The first kappa shape index (κ1) is 18.4. The fraction of sp³-hybridized carbons (Fsp3) is 0.333. The molecule has 0 saturated carbocycles. The van der Waals surface area contributed by atoms with Crippen molar-refractivity contribution in [1.29, 1.82) is 0 Å². The van der Waals surface area contributed by atoms with Crippen LogP contribution in [0.5, 0.6) is 0 Å². The molecule has 0 unspecified atom stereocenters. The average molecular weight is 342 g/mol. The summed E-state index contributed by atoms with van der Waals surface area (Å²) in [5, 5.41) is 10.3. The number of nitrogens with one attached hydrogen (secondary N) is 1. The maximum absolute atomic E-state index is 12.1. The van der Waals surface area contributed by atoms with E-state index in [1.54, 1.807) is 6.08 Å². The van der Waals surface area contributed by atoms with E-state index in [9.17, 15) is 9.59 Å². The molecule has 0 saturated heterocycles. The Morgan fingerprint density at radius 1 is 1.28 bits per heavy atom. The maximum Gasteiger partial charge on any atom is 0.360 e. The number of aryl methyl sites for hydroxylation is 1. The van der Waals surface area contributed by atoms with Crippen LogP contribution in [-0.2, 0) is 16.1 Å². The van der Waals surface area contributed by atoms with Crippen LogP contribution in [0.2, 0.25) is 0 Å². The van der Waals surface area contributed by atoms with Gasteiger partial charge in [0, 0.05) is 12.6 Å². The van der Waals surface area contributed by atoms with E-state index in [0.717, 1.165) is 17.6 Å². The number of aromatic nitrogens is 3. The molecule has 0 fully saturated rings. The van der Waals surface area contributed by atoms with E-state index in [2.05, 4.69) is 20.4 Å². The number of carbonyl (C=O) groups excluding carboxylic acids is 2. The lowest BCUT2D eigenvalue weighted by molar-refractivity contribution is -0.116. The van der Waals surface area contributed by atoms with Crippen molar-refractivity contribution in [2.45, 2.75) is 26.8 Å². The zero-order valence-electron chi connectivity index (χ0n) is 14.7. The largest absolute Gasteiger partial charge is 0.464 e. The summed E-state index contributed by atoms with van der Waals surface area (Å²) in [5.74, 6) is -0.699. The standard InChI is InChI=1S/C18H22N4O3/c1-4-14(15-7-5-13(2)6-8-15)11-17(23)19-9-10-22-12-16(20-21-22)18(24)25-3/h5-8,11-12H,4,9-10H2,1-3H3,(H,19,23)/b14-11+. The molecule has 1 aromatic carbocycles. The molecule has 0 aliphatic carbocycles. The number of esters is 1. The normalized spacial score (nSPS) is 11.2. The van der Waals surface area contributed by atoms with Crippen LogP contribution in [0.3, 0.4) is 0 Å². The first-order valence-electron chi connectivity index (χ1n) is 8.07. The van der Waals surface area contributed by atoms with Crippen LogP contribution in [0, 0.1) is 6.92 Å². The Morgan fingerprint density at radius 3 is 2.64 bits per heavy atom. The highest BCUT2D eigenvalue weighted by atomic mass is 16.5. The first-order valence-corrected chi connectivity index (χ1v) is 8.07.